The van der Waals surface area contributed by atoms with Gasteiger partial charge in [0, 0.05) is 11.4 Å². The lowest BCUT2D eigenvalue weighted by molar-refractivity contribution is -0.115. The van der Waals surface area contributed by atoms with Crippen LogP contribution in [0.2, 0.25) is 0 Å². The summed E-state index contributed by atoms with van der Waals surface area (Å²) in [5.74, 6) is -0.701. The van der Waals surface area contributed by atoms with Gasteiger partial charge in [-0.25, -0.2) is 4.79 Å². The summed E-state index contributed by atoms with van der Waals surface area (Å²) >= 11 is 3.13. The number of ether oxygens (including phenoxy) is 1. The van der Waals surface area contributed by atoms with Crippen LogP contribution in [0.25, 0.3) is 0 Å². The molecule has 1 aromatic heterocycles. The van der Waals surface area contributed by atoms with Crippen LogP contribution in [0.3, 0.4) is 0 Å². The van der Waals surface area contributed by atoms with Gasteiger partial charge in [-0.3, -0.25) is 9.59 Å². The third-order valence-electron chi connectivity index (χ3n) is 2.99. The Morgan fingerprint density at radius 3 is 2.33 bits per heavy atom. The van der Waals surface area contributed by atoms with Crippen LogP contribution < -0.4 is 16.0 Å². The molecular formula is C18H20BrN3O5. The first kappa shape index (κ1) is 20.5. The SMILES string of the molecule is CC(C)(C)OC(=O)NCC(=O)Nc1cccc(NC(=O)c2ccc(Br)o2)c1. The molecule has 3 amide bonds. The summed E-state index contributed by atoms with van der Waals surface area (Å²) in [6, 6.07) is 9.73. The molecule has 1 heterocycles. The number of rotatable bonds is 5. The topological polar surface area (TPSA) is 110 Å². The highest BCUT2D eigenvalue weighted by Gasteiger charge is 2.16. The summed E-state index contributed by atoms with van der Waals surface area (Å²) in [6.45, 7) is 4.95. The Hall–Kier alpha value is -2.81. The number of furan rings is 1. The largest absolute Gasteiger partial charge is 0.444 e. The lowest BCUT2D eigenvalue weighted by Crippen LogP contribution is -2.37. The summed E-state index contributed by atoms with van der Waals surface area (Å²) in [4.78, 5) is 35.6. The number of carbonyl (C=O) groups is 3. The van der Waals surface area contributed by atoms with E-state index in [2.05, 4.69) is 31.9 Å². The first-order valence-corrected chi connectivity index (χ1v) is 8.85. The zero-order valence-electron chi connectivity index (χ0n) is 15.1. The van der Waals surface area contributed by atoms with Crippen LogP contribution in [0.5, 0.6) is 0 Å². The van der Waals surface area contributed by atoms with E-state index in [9.17, 15) is 14.4 Å². The van der Waals surface area contributed by atoms with Crippen molar-refractivity contribution in [1.29, 1.82) is 0 Å². The Morgan fingerprint density at radius 2 is 1.74 bits per heavy atom. The summed E-state index contributed by atoms with van der Waals surface area (Å²) in [5, 5.41) is 7.66. The van der Waals surface area contributed by atoms with Crippen molar-refractivity contribution in [2.24, 2.45) is 0 Å². The fraction of sp³-hybridized carbons (Fsp3) is 0.278. The second kappa shape index (κ2) is 8.72. The van der Waals surface area contributed by atoms with E-state index < -0.39 is 23.5 Å². The van der Waals surface area contributed by atoms with Gasteiger partial charge in [0.1, 0.15) is 12.1 Å². The molecule has 2 rings (SSSR count). The number of anilines is 2. The second-order valence-corrected chi connectivity index (χ2v) is 7.32. The Bertz CT molecular complexity index is 842. The second-order valence-electron chi connectivity index (χ2n) is 6.54. The maximum Gasteiger partial charge on any atom is 0.408 e. The van der Waals surface area contributed by atoms with Crippen LogP contribution in [-0.2, 0) is 9.53 Å². The summed E-state index contributed by atoms with van der Waals surface area (Å²) in [5.41, 5.74) is 0.297. The molecule has 0 aliphatic rings. The molecule has 0 aliphatic carbocycles. The van der Waals surface area contributed by atoms with Crippen molar-refractivity contribution < 1.29 is 23.5 Å². The molecule has 27 heavy (non-hydrogen) atoms. The number of hydrogen-bond donors (Lipinski definition) is 3. The molecule has 0 fully saturated rings. The Labute approximate surface area is 164 Å². The van der Waals surface area contributed by atoms with Crippen LogP contribution in [0.15, 0.2) is 45.5 Å². The standard InChI is InChI=1S/C18H20BrN3O5/c1-18(2,3)27-17(25)20-10-15(23)21-11-5-4-6-12(9-11)22-16(24)13-7-8-14(19)26-13/h4-9H,10H2,1-3H3,(H,20,25)(H,21,23)(H,22,24). The molecule has 0 saturated heterocycles. The van der Waals surface area contributed by atoms with Gasteiger partial charge in [0.25, 0.3) is 5.91 Å². The van der Waals surface area contributed by atoms with E-state index in [0.29, 0.717) is 16.0 Å². The van der Waals surface area contributed by atoms with Gasteiger partial charge in [-0.05, 0) is 67.0 Å². The minimum absolute atomic E-state index is 0.151. The number of hydrogen-bond acceptors (Lipinski definition) is 5. The van der Waals surface area contributed by atoms with Crippen molar-refractivity contribution in [3.8, 4) is 0 Å². The average Bonchev–Trinajstić information content (AvgIpc) is 2.98. The predicted molar refractivity (Wildman–Crippen MR) is 104 cm³/mol. The van der Waals surface area contributed by atoms with Crippen molar-refractivity contribution in [3.05, 3.63) is 46.8 Å². The summed E-state index contributed by atoms with van der Waals surface area (Å²) in [6.07, 6.45) is -0.678. The van der Waals surface area contributed by atoms with E-state index in [-0.39, 0.29) is 12.3 Å². The minimum Gasteiger partial charge on any atom is -0.444 e. The molecule has 0 bridgehead atoms. The third kappa shape index (κ3) is 7.14. The number of amides is 3. The predicted octanol–water partition coefficient (Wildman–Crippen LogP) is 3.76. The Kier molecular flexibility index (Phi) is 6.62. The van der Waals surface area contributed by atoms with Crippen LogP contribution in [0.1, 0.15) is 31.3 Å². The maximum absolute atomic E-state index is 12.1. The zero-order valence-corrected chi connectivity index (χ0v) is 16.7. The van der Waals surface area contributed by atoms with Crippen molar-refractivity contribution in [1.82, 2.24) is 5.32 Å². The first-order valence-electron chi connectivity index (χ1n) is 8.06. The molecule has 8 nitrogen and oxygen atoms in total. The zero-order chi connectivity index (χ0) is 20.0. The lowest BCUT2D eigenvalue weighted by Gasteiger charge is -2.19. The number of halogens is 1. The van der Waals surface area contributed by atoms with E-state index >= 15 is 0 Å². The first-order chi connectivity index (χ1) is 12.6. The summed E-state index contributed by atoms with van der Waals surface area (Å²) < 4.78 is 10.7. The van der Waals surface area contributed by atoms with Crippen molar-refractivity contribution in [3.63, 3.8) is 0 Å². The fourth-order valence-electron chi connectivity index (χ4n) is 1.98. The highest BCUT2D eigenvalue weighted by molar-refractivity contribution is 9.10. The van der Waals surface area contributed by atoms with Crippen LogP contribution in [0.4, 0.5) is 16.2 Å². The van der Waals surface area contributed by atoms with Crippen molar-refractivity contribution in [2.75, 3.05) is 17.2 Å². The Balaban J connectivity index is 1.88. The number of carbonyl (C=O) groups excluding carboxylic acids is 3. The normalized spacial score (nSPS) is 10.8. The van der Waals surface area contributed by atoms with Crippen LogP contribution in [-0.4, -0.2) is 30.1 Å². The Morgan fingerprint density at radius 1 is 1.07 bits per heavy atom. The summed E-state index contributed by atoms with van der Waals surface area (Å²) in [7, 11) is 0. The van der Waals surface area contributed by atoms with E-state index in [4.69, 9.17) is 9.15 Å². The molecule has 0 radical (unpaired) electrons. The number of nitrogens with one attached hydrogen (secondary N) is 3. The molecule has 0 atom stereocenters. The number of alkyl carbamates (subject to hydrolysis) is 1. The van der Waals surface area contributed by atoms with Gasteiger partial charge in [0.15, 0.2) is 10.4 Å². The van der Waals surface area contributed by atoms with Gasteiger partial charge in [-0.1, -0.05) is 6.07 Å². The molecule has 0 aliphatic heterocycles. The van der Waals surface area contributed by atoms with Crippen molar-refractivity contribution >= 4 is 45.2 Å². The molecule has 9 heteroatoms. The van der Waals surface area contributed by atoms with Crippen molar-refractivity contribution in [2.45, 2.75) is 26.4 Å². The molecule has 3 N–H and O–H groups in total. The quantitative estimate of drug-likeness (QED) is 0.659. The molecular weight excluding hydrogens is 418 g/mol. The highest BCUT2D eigenvalue weighted by atomic mass is 79.9. The fourth-order valence-corrected chi connectivity index (χ4v) is 2.28. The highest BCUT2D eigenvalue weighted by Crippen LogP contribution is 2.18. The van der Waals surface area contributed by atoms with Gasteiger partial charge in [-0.15, -0.1) is 0 Å². The van der Waals surface area contributed by atoms with Gasteiger partial charge in [0.05, 0.1) is 0 Å². The average molecular weight is 438 g/mol. The van der Waals surface area contributed by atoms with Crippen LogP contribution in [0, 0.1) is 0 Å². The van der Waals surface area contributed by atoms with E-state index in [1.807, 2.05) is 0 Å². The molecule has 1 aromatic carbocycles. The molecule has 2 aromatic rings. The van der Waals surface area contributed by atoms with E-state index in [1.54, 1.807) is 51.1 Å². The molecule has 0 saturated carbocycles. The minimum atomic E-state index is -0.678. The van der Waals surface area contributed by atoms with E-state index in [1.165, 1.54) is 6.07 Å². The monoisotopic (exact) mass is 437 g/mol. The lowest BCUT2D eigenvalue weighted by atomic mass is 10.2. The van der Waals surface area contributed by atoms with Gasteiger partial charge in [-0.2, -0.15) is 0 Å². The number of benzene rings is 1. The maximum atomic E-state index is 12.1. The smallest absolute Gasteiger partial charge is 0.408 e. The van der Waals surface area contributed by atoms with Crippen LogP contribution >= 0.6 is 15.9 Å². The van der Waals surface area contributed by atoms with Gasteiger partial charge < -0.3 is 25.1 Å². The third-order valence-corrected chi connectivity index (χ3v) is 3.42. The molecule has 0 unspecified atom stereocenters. The van der Waals surface area contributed by atoms with E-state index in [0.717, 1.165) is 0 Å². The van der Waals surface area contributed by atoms with Gasteiger partial charge in [0.2, 0.25) is 5.91 Å². The van der Waals surface area contributed by atoms with Gasteiger partial charge >= 0.3 is 6.09 Å². The molecule has 144 valence electrons. The molecule has 0 spiro atoms.